The van der Waals surface area contributed by atoms with E-state index in [2.05, 4.69) is 10.7 Å². The maximum absolute atomic E-state index is 13.6. The Morgan fingerprint density at radius 1 is 0.977 bits per heavy atom. The molecule has 0 saturated carbocycles. The van der Waals surface area contributed by atoms with E-state index in [0.29, 0.717) is 12.8 Å². The number of halogens is 3. The van der Waals surface area contributed by atoms with Crippen LogP contribution in [0.2, 0.25) is 0 Å². The number of hydrogen-bond donors (Lipinski definition) is 2. The lowest BCUT2D eigenvalue weighted by atomic mass is 9.98. The number of alkyl halides is 3. The summed E-state index contributed by atoms with van der Waals surface area (Å²) in [5.74, 6) is -2.25. The van der Waals surface area contributed by atoms with Crippen LogP contribution >= 0.6 is 34.8 Å². The van der Waals surface area contributed by atoms with Gasteiger partial charge >= 0.3 is 18.0 Å². The minimum Gasteiger partial charge on any atom is -0.460 e. The van der Waals surface area contributed by atoms with E-state index >= 15 is 0 Å². The predicted molar refractivity (Wildman–Crippen MR) is 162 cm³/mol. The number of alkyl carbamates (subject to hydrolysis) is 1. The van der Waals surface area contributed by atoms with Gasteiger partial charge in [0.2, 0.25) is 3.79 Å². The molecule has 1 fully saturated rings. The van der Waals surface area contributed by atoms with Gasteiger partial charge in [0.1, 0.15) is 30.9 Å². The van der Waals surface area contributed by atoms with Gasteiger partial charge < -0.3 is 19.5 Å². The second-order valence-corrected chi connectivity index (χ2v) is 13.9. The van der Waals surface area contributed by atoms with E-state index in [-0.39, 0.29) is 19.1 Å². The number of amides is 2. The van der Waals surface area contributed by atoms with Gasteiger partial charge in [0, 0.05) is 12.5 Å². The largest absolute Gasteiger partial charge is 0.460 e. The van der Waals surface area contributed by atoms with Crippen molar-refractivity contribution in [2.45, 2.75) is 67.4 Å². The Bertz CT molecular complexity index is 1310. The molecule has 2 amide bonds. The van der Waals surface area contributed by atoms with Crippen molar-refractivity contribution in [2.75, 3.05) is 19.8 Å². The molecule has 0 unspecified atom stereocenters. The molecule has 1 saturated heterocycles. The Balaban J connectivity index is 1.44. The molecule has 4 rings (SSSR count). The van der Waals surface area contributed by atoms with Crippen molar-refractivity contribution >= 4 is 58.7 Å². The number of benzene rings is 2. The van der Waals surface area contributed by atoms with Crippen LogP contribution in [0.25, 0.3) is 11.1 Å². The third-order valence-corrected chi connectivity index (χ3v) is 7.17. The molecule has 0 bridgehead atoms. The highest BCUT2D eigenvalue weighted by atomic mass is 35.6. The summed E-state index contributed by atoms with van der Waals surface area (Å²) >= 11 is 17.0. The molecule has 2 aromatic rings. The first-order valence-electron chi connectivity index (χ1n) is 13.9. The number of hydrogen-bond acceptors (Lipinski definition) is 8. The molecule has 1 aliphatic heterocycles. The number of nitrogens with one attached hydrogen (secondary N) is 2. The zero-order valence-corrected chi connectivity index (χ0v) is 26.3. The van der Waals surface area contributed by atoms with Gasteiger partial charge in [-0.05, 0) is 55.9 Å². The standard InChI is InChI=1S/C30H34Cl3N3O7/c1-29(2,3)43-25(37)15-24(26(38)36-14-8-13-23(35-36)27(39)42-17-30(31,32)33)34-28(40)41-16-22-20-11-6-4-9-18(20)19-10-5-7-12-21(19)22/h4-7,9-12,22-24,35H,8,13-17H2,1-3H3,(H,34,40)/t23-,24-/m0/s1. The quantitative estimate of drug-likeness (QED) is 0.231. The molecule has 13 heteroatoms. The van der Waals surface area contributed by atoms with Crippen LogP contribution in [0.15, 0.2) is 48.5 Å². The number of carbonyl (C=O) groups excluding carboxylic acids is 4. The predicted octanol–water partition coefficient (Wildman–Crippen LogP) is 5.03. The Hall–Kier alpha value is -3.05. The summed E-state index contributed by atoms with van der Waals surface area (Å²) in [6.45, 7) is 4.85. The zero-order chi connectivity index (χ0) is 31.4. The van der Waals surface area contributed by atoms with Crippen molar-refractivity contribution in [1.29, 1.82) is 0 Å². The molecule has 1 heterocycles. The van der Waals surface area contributed by atoms with Crippen molar-refractivity contribution < 1.29 is 33.4 Å². The molecule has 2 aromatic carbocycles. The first-order chi connectivity index (χ1) is 20.2. The maximum Gasteiger partial charge on any atom is 0.407 e. The highest BCUT2D eigenvalue weighted by Gasteiger charge is 2.36. The summed E-state index contributed by atoms with van der Waals surface area (Å²) in [5.41, 5.74) is 6.19. The Morgan fingerprint density at radius 3 is 2.16 bits per heavy atom. The van der Waals surface area contributed by atoms with Gasteiger partial charge in [-0.1, -0.05) is 83.3 Å². The average molecular weight is 655 g/mol. The highest BCUT2D eigenvalue weighted by molar-refractivity contribution is 6.67. The smallest absolute Gasteiger partial charge is 0.407 e. The van der Waals surface area contributed by atoms with Crippen molar-refractivity contribution in [2.24, 2.45) is 0 Å². The number of rotatable bonds is 8. The minimum absolute atomic E-state index is 0.0201. The molecule has 0 spiro atoms. The fourth-order valence-corrected chi connectivity index (χ4v) is 5.25. The summed E-state index contributed by atoms with van der Waals surface area (Å²) < 4.78 is 14.3. The third-order valence-electron chi connectivity index (χ3n) is 6.84. The summed E-state index contributed by atoms with van der Waals surface area (Å²) in [6, 6.07) is 13.6. The van der Waals surface area contributed by atoms with E-state index in [1.165, 1.54) is 5.01 Å². The molecule has 10 nitrogen and oxygen atoms in total. The van der Waals surface area contributed by atoms with Crippen molar-refractivity contribution in [3.63, 3.8) is 0 Å². The van der Waals surface area contributed by atoms with E-state index in [1.54, 1.807) is 20.8 Å². The zero-order valence-electron chi connectivity index (χ0n) is 24.0. The first kappa shape index (κ1) is 32.9. The number of hydrazine groups is 1. The van der Waals surface area contributed by atoms with Crippen LogP contribution in [0, 0.1) is 0 Å². The summed E-state index contributed by atoms with van der Waals surface area (Å²) in [7, 11) is 0. The van der Waals surface area contributed by atoms with Gasteiger partial charge in [0.05, 0.1) is 6.42 Å². The normalized spacial score (nSPS) is 17.3. The molecule has 2 aliphatic rings. The van der Waals surface area contributed by atoms with Gasteiger partial charge in [0.25, 0.3) is 5.91 Å². The van der Waals surface area contributed by atoms with Gasteiger partial charge in [-0.3, -0.25) is 19.4 Å². The van der Waals surface area contributed by atoms with Gasteiger partial charge in [-0.15, -0.1) is 0 Å². The number of esters is 2. The van der Waals surface area contributed by atoms with Crippen LogP contribution in [0.3, 0.4) is 0 Å². The first-order valence-corrected chi connectivity index (χ1v) is 15.0. The second-order valence-electron chi connectivity index (χ2n) is 11.3. The topological polar surface area (TPSA) is 123 Å². The van der Waals surface area contributed by atoms with Crippen LogP contribution in [-0.4, -0.2) is 70.2 Å². The lowest BCUT2D eigenvalue weighted by molar-refractivity contribution is -0.159. The van der Waals surface area contributed by atoms with E-state index in [1.807, 2.05) is 48.5 Å². The maximum atomic E-state index is 13.6. The van der Waals surface area contributed by atoms with E-state index in [9.17, 15) is 19.2 Å². The number of carbonyl (C=O) groups is 4. The van der Waals surface area contributed by atoms with Crippen LogP contribution in [0.5, 0.6) is 0 Å². The summed E-state index contributed by atoms with van der Waals surface area (Å²) in [6.07, 6.45) is -0.532. The van der Waals surface area contributed by atoms with Crippen LogP contribution < -0.4 is 10.7 Å². The molecule has 0 radical (unpaired) electrons. The number of ether oxygens (including phenoxy) is 3. The van der Waals surface area contributed by atoms with E-state index in [4.69, 9.17) is 49.0 Å². The van der Waals surface area contributed by atoms with Crippen LogP contribution in [0.1, 0.15) is 57.1 Å². The lowest BCUT2D eigenvalue weighted by Gasteiger charge is -2.35. The number of fused-ring (bicyclic) bond motifs is 3. The number of nitrogens with zero attached hydrogens (tertiary/aromatic N) is 1. The van der Waals surface area contributed by atoms with Crippen molar-refractivity contribution in [3.05, 3.63) is 59.7 Å². The van der Waals surface area contributed by atoms with E-state index in [0.717, 1.165) is 22.3 Å². The Kier molecular flexibility index (Phi) is 10.5. The monoisotopic (exact) mass is 653 g/mol. The van der Waals surface area contributed by atoms with Crippen molar-refractivity contribution in [3.8, 4) is 11.1 Å². The average Bonchev–Trinajstić information content (AvgIpc) is 3.26. The molecule has 2 atom stereocenters. The molecular formula is C30H34Cl3N3O7. The Morgan fingerprint density at radius 2 is 1.58 bits per heavy atom. The third kappa shape index (κ3) is 8.98. The fraction of sp³-hybridized carbons (Fsp3) is 0.467. The summed E-state index contributed by atoms with van der Waals surface area (Å²) in [4.78, 5) is 51.9. The van der Waals surface area contributed by atoms with Gasteiger partial charge in [-0.2, -0.15) is 0 Å². The van der Waals surface area contributed by atoms with Crippen molar-refractivity contribution in [1.82, 2.24) is 15.8 Å². The second kappa shape index (κ2) is 13.7. The summed E-state index contributed by atoms with van der Waals surface area (Å²) in [5, 5.41) is 3.70. The molecule has 2 N–H and O–H groups in total. The molecule has 232 valence electrons. The van der Waals surface area contributed by atoms with Gasteiger partial charge in [-0.25, -0.2) is 10.2 Å². The van der Waals surface area contributed by atoms with Crippen LogP contribution in [0.4, 0.5) is 4.79 Å². The van der Waals surface area contributed by atoms with E-state index < -0.39 is 58.4 Å². The minimum atomic E-state index is -1.79. The Labute approximate surface area is 265 Å². The fourth-order valence-electron chi connectivity index (χ4n) is 5.09. The molecule has 43 heavy (non-hydrogen) atoms. The van der Waals surface area contributed by atoms with Gasteiger partial charge in [0.15, 0.2) is 0 Å². The highest BCUT2D eigenvalue weighted by Crippen LogP contribution is 2.44. The molecule has 1 aliphatic carbocycles. The lowest BCUT2D eigenvalue weighted by Crippen LogP contribution is -2.60. The molecule has 0 aromatic heterocycles. The molecular weight excluding hydrogens is 621 g/mol. The van der Waals surface area contributed by atoms with Crippen LogP contribution in [-0.2, 0) is 28.6 Å². The SMILES string of the molecule is CC(C)(C)OC(=O)C[C@H](NC(=O)OCC1c2ccccc2-c2ccccc21)C(=O)N1CCC[C@@H](C(=O)OCC(Cl)(Cl)Cl)N1.